The summed E-state index contributed by atoms with van der Waals surface area (Å²) in [5.74, 6) is -0.833. The van der Waals surface area contributed by atoms with E-state index < -0.39 is 12.1 Å². The summed E-state index contributed by atoms with van der Waals surface area (Å²) in [6, 6.07) is 4.36. The van der Waals surface area contributed by atoms with Gasteiger partial charge in [0.15, 0.2) is 0 Å². The van der Waals surface area contributed by atoms with Crippen molar-refractivity contribution in [2.24, 2.45) is 5.92 Å². The fourth-order valence-electron chi connectivity index (χ4n) is 2.95. The molecule has 3 heteroatoms. The molecule has 0 saturated heterocycles. The largest absolute Gasteiger partial charge is 0.481 e. The van der Waals surface area contributed by atoms with Gasteiger partial charge < -0.3 is 10.2 Å². The van der Waals surface area contributed by atoms with Crippen LogP contribution in [0.2, 0.25) is 0 Å². The number of hydrogen-bond donors (Lipinski definition) is 2. The van der Waals surface area contributed by atoms with Crippen LogP contribution in [-0.2, 0) is 24.1 Å². The van der Waals surface area contributed by atoms with Crippen molar-refractivity contribution in [2.75, 3.05) is 0 Å². The highest BCUT2D eigenvalue weighted by atomic mass is 16.4. The van der Waals surface area contributed by atoms with E-state index in [-0.39, 0.29) is 12.3 Å². The zero-order valence-electron chi connectivity index (χ0n) is 13.6. The number of aryl methyl sites for hydroxylation is 3. The van der Waals surface area contributed by atoms with E-state index >= 15 is 0 Å². The monoisotopic (exact) mass is 292 g/mol. The van der Waals surface area contributed by atoms with Gasteiger partial charge in [-0.15, -0.1) is 0 Å². The van der Waals surface area contributed by atoms with E-state index in [9.17, 15) is 9.90 Å². The lowest BCUT2D eigenvalue weighted by Crippen LogP contribution is -2.13. The van der Waals surface area contributed by atoms with E-state index in [0.717, 1.165) is 24.8 Å². The number of hydrogen-bond acceptors (Lipinski definition) is 2. The summed E-state index contributed by atoms with van der Waals surface area (Å²) in [4.78, 5) is 10.8. The summed E-state index contributed by atoms with van der Waals surface area (Å²) < 4.78 is 0. The Kier molecular flexibility index (Phi) is 6.90. The van der Waals surface area contributed by atoms with Crippen molar-refractivity contribution in [3.8, 4) is 0 Å². The maximum absolute atomic E-state index is 10.8. The smallest absolute Gasteiger partial charge is 0.303 e. The van der Waals surface area contributed by atoms with Gasteiger partial charge in [-0.2, -0.15) is 0 Å². The maximum Gasteiger partial charge on any atom is 0.303 e. The van der Waals surface area contributed by atoms with Gasteiger partial charge in [0, 0.05) is 6.42 Å². The van der Waals surface area contributed by atoms with E-state index in [0.29, 0.717) is 6.42 Å². The van der Waals surface area contributed by atoms with Crippen molar-refractivity contribution in [1.29, 1.82) is 0 Å². The molecule has 0 aliphatic carbocycles. The molecule has 0 aliphatic heterocycles. The Morgan fingerprint density at radius 1 is 1.10 bits per heavy atom. The number of aliphatic hydroxyl groups is 1. The molecule has 0 spiro atoms. The molecule has 2 atom stereocenters. The topological polar surface area (TPSA) is 57.5 Å². The Hall–Kier alpha value is -1.35. The molecule has 21 heavy (non-hydrogen) atoms. The minimum atomic E-state index is -0.803. The summed E-state index contributed by atoms with van der Waals surface area (Å²) in [5, 5.41) is 19.5. The van der Waals surface area contributed by atoms with Crippen molar-refractivity contribution >= 4 is 5.97 Å². The van der Waals surface area contributed by atoms with E-state index in [2.05, 4.69) is 32.9 Å². The first-order valence-corrected chi connectivity index (χ1v) is 7.97. The highest BCUT2D eigenvalue weighted by Gasteiger charge is 2.20. The van der Waals surface area contributed by atoms with Gasteiger partial charge in [-0.05, 0) is 53.9 Å². The summed E-state index contributed by atoms with van der Waals surface area (Å²) in [6.45, 7) is 8.23. The predicted octanol–water partition coefficient (Wildman–Crippen LogP) is 3.91. The molecule has 118 valence electrons. The quantitative estimate of drug-likeness (QED) is 0.764. The van der Waals surface area contributed by atoms with Crippen LogP contribution in [0.15, 0.2) is 12.1 Å². The molecular formula is C18H28O3. The molecule has 0 saturated carbocycles. The van der Waals surface area contributed by atoms with Crippen molar-refractivity contribution < 1.29 is 15.0 Å². The Balaban J connectivity index is 3.06. The average molecular weight is 292 g/mol. The second-order valence-electron chi connectivity index (χ2n) is 5.84. The lowest BCUT2D eigenvalue weighted by molar-refractivity contribution is -0.138. The zero-order valence-corrected chi connectivity index (χ0v) is 13.6. The number of carboxylic acids is 1. The van der Waals surface area contributed by atoms with Crippen molar-refractivity contribution in [3.63, 3.8) is 0 Å². The van der Waals surface area contributed by atoms with Crippen LogP contribution < -0.4 is 0 Å². The molecule has 0 aromatic heterocycles. The number of benzene rings is 1. The van der Waals surface area contributed by atoms with Gasteiger partial charge in [0.1, 0.15) is 0 Å². The SMILES string of the molecule is CCc1cc(CC)c(C(O)CC(C)CC(=O)O)c(CC)c1. The van der Waals surface area contributed by atoms with Gasteiger partial charge in [0.2, 0.25) is 0 Å². The number of carboxylic acid groups (broad SMARTS) is 1. The van der Waals surface area contributed by atoms with Crippen LogP contribution >= 0.6 is 0 Å². The van der Waals surface area contributed by atoms with Gasteiger partial charge in [0.05, 0.1) is 6.10 Å². The third-order valence-corrected chi connectivity index (χ3v) is 4.06. The van der Waals surface area contributed by atoms with Crippen LogP contribution in [0.3, 0.4) is 0 Å². The van der Waals surface area contributed by atoms with Crippen molar-refractivity contribution in [2.45, 2.75) is 65.9 Å². The molecule has 0 amide bonds. The highest BCUT2D eigenvalue weighted by Crippen LogP contribution is 2.31. The second-order valence-corrected chi connectivity index (χ2v) is 5.84. The lowest BCUT2D eigenvalue weighted by Gasteiger charge is -2.22. The molecule has 0 bridgehead atoms. The first kappa shape index (κ1) is 17.7. The predicted molar refractivity (Wildman–Crippen MR) is 85.6 cm³/mol. The minimum absolute atomic E-state index is 0.0298. The second kappa shape index (κ2) is 8.18. The first-order valence-electron chi connectivity index (χ1n) is 7.97. The lowest BCUT2D eigenvalue weighted by atomic mass is 9.86. The van der Waals surface area contributed by atoms with Crippen LogP contribution in [0.4, 0.5) is 0 Å². The molecule has 0 aliphatic rings. The number of rotatable bonds is 8. The fraction of sp³-hybridized carbons (Fsp3) is 0.611. The number of aliphatic carboxylic acids is 1. The number of carbonyl (C=O) groups is 1. The summed E-state index contributed by atoms with van der Waals surface area (Å²) in [5.41, 5.74) is 4.72. The molecule has 0 radical (unpaired) electrons. The summed E-state index contributed by atoms with van der Waals surface area (Å²) in [6.07, 6.45) is 2.80. The molecule has 0 fully saturated rings. The molecule has 2 unspecified atom stereocenters. The van der Waals surface area contributed by atoms with Crippen LogP contribution in [0, 0.1) is 5.92 Å². The minimum Gasteiger partial charge on any atom is -0.481 e. The van der Waals surface area contributed by atoms with Crippen molar-refractivity contribution in [3.05, 3.63) is 34.4 Å². The maximum atomic E-state index is 10.8. The normalized spacial score (nSPS) is 14.0. The van der Waals surface area contributed by atoms with E-state index in [1.165, 1.54) is 16.7 Å². The van der Waals surface area contributed by atoms with E-state index in [4.69, 9.17) is 5.11 Å². The van der Waals surface area contributed by atoms with Crippen molar-refractivity contribution in [1.82, 2.24) is 0 Å². The Morgan fingerprint density at radius 3 is 2.00 bits per heavy atom. The average Bonchev–Trinajstić information content (AvgIpc) is 2.44. The Morgan fingerprint density at radius 2 is 1.62 bits per heavy atom. The molecule has 1 aromatic carbocycles. The molecule has 1 rings (SSSR count). The Labute approximate surface area is 128 Å². The molecular weight excluding hydrogens is 264 g/mol. The van der Waals surface area contributed by atoms with Crippen LogP contribution in [0.25, 0.3) is 0 Å². The van der Waals surface area contributed by atoms with Gasteiger partial charge >= 0.3 is 5.97 Å². The van der Waals surface area contributed by atoms with E-state index in [1.54, 1.807) is 0 Å². The van der Waals surface area contributed by atoms with Gasteiger partial charge in [-0.3, -0.25) is 4.79 Å². The van der Waals surface area contributed by atoms with Crippen LogP contribution in [-0.4, -0.2) is 16.2 Å². The van der Waals surface area contributed by atoms with Gasteiger partial charge in [0.25, 0.3) is 0 Å². The molecule has 0 heterocycles. The summed E-state index contributed by atoms with van der Waals surface area (Å²) >= 11 is 0. The Bertz CT molecular complexity index is 454. The highest BCUT2D eigenvalue weighted by molar-refractivity contribution is 5.66. The van der Waals surface area contributed by atoms with Crippen LogP contribution in [0.1, 0.15) is 68.9 Å². The first-order chi connectivity index (χ1) is 9.92. The summed E-state index contributed by atoms with van der Waals surface area (Å²) in [7, 11) is 0. The van der Waals surface area contributed by atoms with Gasteiger partial charge in [-0.1, -0.05) is 39.8 Å². The fourth-order valence-corrected chi connectivity index (χ4v) is 2.95. The molecule has 3 nitrogen and oxygen atoms in total. The third kappa shape index (κ3) is 4.85. The molecule has 1 aromatic rings. The zero-order chi connectivity index (χ0) is 16.0. The third-order valence-electron chi connectivity index (χ3n) is 4.06. The van der Waals surface area contributed by atoms with Gasteiger partial charge in [-0.25, -0.2) is 0 Å². The van der Waals surface area contributed by atoms with Crippen LogP contribution in [0.5, 0.6) is 0 Å². The number of aliphatic hydroxyl groups excluding tert-OH is 1. The van der Waals surface area contributed by atoms with E-state index in [1.807, 2.05) is 6.92 Å². The molecule has 2 N–H and O–H groups in total. The standard InChI is InChI=1S/C18H28O3/c1-5-13-10-14(6-2)18(15(7-3)11-13)16(19)8-12(4)9-17(20)21/h10-12,16,19H,5-9H2,1-4H3,(H,20,21).